The van der Waals surface area contributed by atoms with Gasteiger partial charge in [-0.25, -0.2) is 4.79 Å². The van der Waals surface area contributed by atoms with E-state index >= 15 is 0 Å². The molecule has 0 aliphatic carbocycles. The number of alkyl carbamates (subject to hydrolysis) is 1. The van der Waals surface area contributed by atoms with Gasteiger partial charge in [0.05, 0.1) is 6.04 Å². The lowest BCUT2D eigenvalue weighted by Gasteiger charge is -2.24. The van der Waals surface area contributed by atoms with Crippen molar-refractivity contribution >= 4 is 6.09 Å². The number of nitrogens with one attached hydrogen (secondary N) is 1. The minimum atomic E-state index is -0.539. The fraction of sp³-hybridized carbons (Fsp3) is 0.350. The minimum absolute atomic E-state index is 0.289. The summed E-state index contributed by atoms with van der Waals surface area (Å²) in [5.41, 5.74) is 1.60. The highest BCUT2D eigenvalue weighted by Gasteiger charge is 2.21. The molecule has 0 saturated carbocycles. The van der Waals surface area contributed by atoms with Gasteiger partial charge in [0.25, 0.3) is 0 Å². The van der Waals surface area contributed by atoms with Crippen molar-refractivity contribution in [2.75, 3.05) is 6.61 Å². The highest BCUT2D eigenvalue weighted by molar-refractivity contribution is 5.68. The Labute approximate surface area is 143 Å². The molecule has 0 aliphatic rings. The van der Waals surface area contributed by atoms with Crippen molar-refractivity contribution < 1.29 is 14.3 Å². The van der Waals surface area contributed by atoms with Gasteiger partial charge in [0.1, 0.15) is 18.0 Å². The topological polar surface area (TPSA) is 47.6 Å². The Balaban J connectivity index is 2.05. The number of amides is 1. The first kappa shape index (κ1) is 17.9. The summed E-state index contributed by atoms with van der Waals surface area (Å²) in [5, 5.41) is 2.89. The van der Waals surface area contributed by atoms with Crippen molar-refractivity contribution in [2.45, 2.75) is 39.3 Å². The quantitative estimate of drug-likeness (QED) is 0.870. The summed E-state index contributed by atoms with van der Waals surface area (Å²) in [6, 6.07) is 17.3. The zero-order valence-electron chi connectivity index (χ0n) is 14.7. The van der Waals surface area contributed by atoms with E-state index in [-0.39, 0.29) is 6.04 Å². The largest absolute Gasteiger partial charge is 0.491 e. The van der Waals surface area contributed by atoms with Gasteiger partial charge in [-0.2, -0.15) is 0 Å². The molecular formula is C20H25NO3. The van der Waals surface area contributed by atoms with E-state index in [0.717, 1.165) is 11.3 Å². The van der Waals surface area contributed by atoms with Gasteiger partial charge in [-0.05, 0) is 45.4 Å². The summed E-state index contributed by atoms with van der Waals surface area (Å²) in [7, 11) is 0. The summed E-state index contributed by atoms with van der Waals surface area (Å²) in [4.78, 5) is 12.1. The molecule has 24 heavy (non-hydrogen) atoms. The van der Waals surface area contributed by atoms with Gasteiger partial charge in [0, 0.05) is 0 Å². The highest BCUT2D eigenvalue weighted by atomic mass is 16.6. The average Bonchev–Trinajstić information content (AvgIpc) is 2.52. The third-order valence-electron chi connectivity index (χ3n) is 3.33. The number of hydrogen-bond donors (Lipinski definition) is 1. The minimum Gasteiger partial charge on any atom is -0.491 e. The fourth-order valence-electron chi connectivity index (χ4n) is 2.17. The van der Waals surface area contributed by atoms with Crippen LogP contribution in [0.3, 0.4) is 0 Å². The zero-order valence-corrected chi connectivity index (χ0v) is 14.7. The van der Waals surface area contributed by atoms with Gasteiger partial charge in [-0.15, -0.1) is 0 Å². The highest BCUT2D eigenvalue weighted by Crippen LogP contribution is 2.18. The van der Waals surface area contributed by atoms with E-state index in [9.17, 15) is 4.79 Å². The van der Waals surface area contributed by atoms with Crippen LogP contribution in [-0.4, -0.2) is 18.3 Å². The van der Waals surface area contributed by atoms with Crippen LogP contribution >= 0.6 is 0 Å². The maximum atomic E-state index is 12.1. The Bertz CT molecular complexity index is 645. The molecular weight excluding hydrogens is 302 g/mol. The molecule has 1 unspecified atom stereocenters. The molecule has 0 bridgehead atoms. The third kappa shape index (κ3) is 5.95. The molecule has 1 amide bonds. The van der Waals surface area contributed by atoms with Crippen LogP contribution in [0.1, 0.15) is 37.9 Å². The fourth-order valence-corrected chi connectivity index (χ4v) is 2.17. The predicted molar refractivity (Wildman–Crippen MR) is 95.2 cm³/mol. The molecule has 0 radical (unpaired) electrons. The van der Waals surface area contributed by atoms with Crippen LogP contribution in [0.2, 0.25) is 0 Å². The Morgan fingerprint density at radius 1 is 1.04 bits per heavy atom. The smallest absolute Gasteiger partial charge is 0.408 e. The van der Waals surface area contributed by atoms with Crippen LogP contribution in [0.15, 0.2) is 54.6 Å². The lowest BCUT2D eigenvalue weighted by Crippen LogP contribution is -2.37. The van der Waals surface area contributed by atoms with E-state index in [1.54, 1.807) is 0 Å². The van der Waals surface area contributed by atoms with Crippen LogP contribution in [-0.2, 0) is 4.74 Å². The summed E-state index contributed by atoms with van der Waals surface area (Å²) < 4.78 is 11.2. The molecule has 4 nitrogen and oxygen atoms in total. The molecule has 2 aromatic rings. The molecule has 128 valence electrons. The van der Waals surface area contributed by atoms with Gasteiger partial charge < -0.3 is 14.8 Å². The van der Waals surface area contributed by atoms with Crippen molar-refractivity contribution in [2.24, 2.45) is 0 Å². The standard InChI is InChI=1S/C20H25NO3/c1-15-10-12-17(13-11-15)23-14-18(16-8-6-5-7-9-16)21-19(22)24-20(2,3)4/h5-13,18H,14H2,1-4H3,(H,21,22). The van der Waals surface area contributed by atoms with Crippen molar-refractivity contribution in [1.29, 1.82) is 0 Å². The summed E-state index contributed by atoms with van der Waals surface area (Å²) >= 11 is 0. The summed E-state index contributed by atoms with van der Waals surface area (Å²) in [6.45, 7) is 7.87. The Hall–Kier alpha value is -2.49. The third-order valence-corrected chi connectivity index (χ3v) is 3.33. The normalized spacial score (nSPS) is 12.3. The Kier molecular flexibility index (Phi) is 5.85. The van der Waals surface area contributed by atoms with E-state index < -0.39 is 11.7 Å². The molecule has 0 fully saturated rings. The summed E-state index contributed by atoms with van der Waals surface area (Å²) in [6.07, 6.45) is -0.455. The number of carbonyl (C=O) groups is 1. The van der Waals surface area contributed by atoms with Crippen LogP contribution in [0, 0.1) is 6.92 Å². The van der Waals surface area contributed by atoms with Crippen LogP contribution in [0.4, 0.5) is 4.79 Å². The van der Waals surface area contributed by atoms with Crippen LogP contribution in [0.25, 0.3) is 0 Å². The number of benzene rings is 2. The number of ether oxygens (including phenoxy) is 2. The molecule has 0 heterocycles. The number of rotatable bonds is 5. The average molecular weight is 327 g/mol. The van der Waals surface area contributed by atoms with Crippen LogP contribution in [0.5, 0.6) is 5.75 Å². The molecule has 1 N–H and O–H groups in total. The second-order valence-corrected chi connectivity index (χ2v) is 6.73. The number of aryl methyl sites for hydroxylation is 1. The first-order valence-corrected chi connectivity index (χ1v) is 8.07. The van der Waals surface area contributed by atoms with E-state index in [1.807, 2.05) is 82.3 Å². The van der Waals surface area contributed by atoms with Crippen molar-refractivity contribution in [3.8, 4) is 5.75 Å². The van der Waals surface area contributed by atoms with E-state index in [2.05, 4.69) is 5.32 Å². The maximum Gasteiger partial charge on any atom is 0.408 e. The first-order chi connectivity index (χ1) is 11.3. The maximum absolute atomic E-state index is 12.1. The van der Waals surface area contributed by atoms with Crippen LogP contribution < -0.4 is 10.1 Å². The first-order valence-electron chi connectivity index (χ1n) is 8.07. The molecule has 0 spiro atoms. The number of hydrogen-bond acceptors (Lipinski definition) is 3. The Morgan fingerprint density at radius 2 is 1.67 bits per heavy atom. The lowest BCUT2D eigenvalue weighted by molar-refractivity contribution is 0.0487. The van der Waals surface area contributed by atoms with E-state index in [0.29, 0.717) is 6.61 Å². The lowest BCUT2D eigenvalue weighted by atomic mass is 10.1. The van der Waals surface area contributed by atoms with Gasteiger partial charge in [-0.3, -0.25) is 0 Å². The van der Waals surface area contributed by atoms with Gasteiger partial charge >= 0.3 is 6.09 Å². The molecule has 0 saturated heterocycles. The predicted octanol–water partition coefficient (Wildman–Crippen LogP) is 4.64. The monoisotopic (exact) mass is 327 g/mol. The molecule has 2 aromatic carbocycles. The molecule has 0 aliphatic heterocycles. The van der Waals surface area contributed by atoms with Gasteiger partial charge in [0.2, 0.25) is 0 Å². The number of carbonyl (C=O) groups excluding carboxylic acids is 1. The molecule has 2 rings (SSSR count). The Morgan fingerprint density at radius 3 is 2.25 bits per heavy atom. The summed E-state index contributed by atoms with van der Waals surface area (Å²) in [5.74, 6) is 0.771. The SMILES string of the molecule is Cc1ccc(OCC(NC(=O)OC(C)(C)C)c2ccccc2)cc1. The van der Waals surface area contributed by atoms with Gasteiger partial charge in [0.15, 0.2) is 0 Å². The second-order valence-electron chi connectivity index (χ2n) is 6.73. The van der Waals surface area contributed by atoms with E-state index in [1.165, 1.54) is 5.56 Å². The van der Waals surface area contributed by atoms with Crippen molar-refractivity contribution in [3.63, 3.8) is 0 Å². The van der Waals surface area contributed by atoms with Crippen molar-refractivity contribution in [3.05, 3.63) is 65.7 Å². The van der Waals surface area contributed by atoms with Crippen molar-refractivity contribution in [1.82, 2.24) is 5.32 Å². The molecule has 0 aromatic heterocycles. The second kappa shape index (κ2) is 7.86. The molecule has 1 atom stereocenters. The van der Waals surface area contributed by atoms with Gasteiger partial charge in [-0.1, -0.05) is 48.0 Å². The zero-order chi connectivity index (χ0) is 17.6. The van der Waals surface area contributed by atoms with E-state index in [4.69, 9.17) is 9.47 Å². The molecule has 4 heteroatoms.